The number of benzene rings is 1. The van der Waals surface area contributed by atoms with Crippen LogP contribution in [0.4, 0.5) is 5.82 Å². The summed E-state index contributed by atoms with van der Waals surface area (Å²) in [5.41, 5.74) is 6.39. The number of aliphatic hydroxyl groups excluding tert-OH is 1. The van der Waals surface area contributed by atoms with E-state index in [1.165, 1.54) is 10.9 Å². The van der Waals surface area contributed by atoms with Gasteiger partial charge in [0.25, 0.3) is 5.56 Å². The van der Waals surface area contributed by atoms with Gasteiger partial charge in [-0.05, 0) is 24.6 Å². The number of nitrogens with two attached hydrogens (primary N) is 1. The first kappa shape index (κ1) is 17.1. The number of halogens is 1. The van der Waals surface area contributed by atoms with Crippen LogP contribution in [0.15, 0.2) is 39.9 Å². The number of hydrogen-bond donors (Lipinski definition) is 2. The summed E-state index contributed by atoms with van der Waals surface area (Å²) in [6, 6.07) is 6.86. The average molecular weight is 362 g/mol. The zero-order valence-corrected chi connectivity index (χ0v) is 14.1. The van der Waals surface area contributed by atoms with E-state index in [1.54, 1.807) is 31.2 Å². The molecule has 130 valence electrons. The minimum atomic E-state index is -0.786. The molecular formula is C16H16ClN5O3. The van der Waals surface area contributed by atoms with Gasteiger partial charge in [0.15, 0.2) is 5.82 Å². The molecule has 2 heterocycles. The van der Waals surface area contributed by atoms with E-state index in [9.17, 15) is 9.90 Å². The topological polar surface area (TPSA) is 120 Å². The first-order chi connectivity index (χ1) is 11.9. The van der Waals surface area contributed by atoms with Crippen molar-refractivity contribution < 1.29 is 9.63 Å². The number of hydrogen-bond acceptors (Lipinski definition) is 7. The lowest BCUT2D eigenvalue weighted by molar-refractivity contribution is 0.174. The highest BCUT2D eigenvalue weighted by Gasteiger charge is 2.15. The van der Waals surface area contributed by atoms with Crippen LogP contribution in [0.1, 0.15) is 28.9 Å². The van der Waals surface area contributed by atoms with E-state index in [0.717, 1.165) is 0 Å². The summed E-state index contributed by atoms with van der Waals surface area (Å²) in [6.07, 6.45) is 0.724. The van der Waals surface area contributed by atoms with Gasteiger partial charge >= 0.3 is 0 Å². The van der Waals surface area contributed by atoms with Gasteiger partial charge in [-0.3, -0.25) is 9.36 Å². The second-order valence-electron chi connectivity index (χ2n) is 5.56. The van der Waals surface area contributed by atoms with Crippen molar-refractivity contribution in [1.82, 2.24) is 19.7 Å². The Balaban J connectivity index is 1.71. The highest BCUT2D eigenvalue weighted by molar-refractivity contribution is 6.30. The third-order valence-corrected chi connectivity index (χ3v) is 4.00. The van der Waals surface area contributed by atoms with Crippen molar-refractivity contribution in [2.75, 3.05) is 5.73 Å². The predicted molar refractivity (Wildman–Crippen MR) is 91.2 cm³/mol. The van der Waals surface area contributed by atoms with Gasteiger partial charge in [-0.25, -0.2) is 4.98 Å². The monoisotopic (exact) mass is 361 g/mol. The number of aliphatic hydroxyl groups is 1. The molecule has 25 heavy (non-hydrogen) atoms. The zero-order valence-electron chi connectivity index (χ0n) is 13.4. The summed E-state index contributed by atoms with van der Waals surface area (Å²) in [6.45, 7) is 1.68. The van der Waals surface area contributed by atoms with E-state index in [-0.39, 0.29) is 30.2 Å². The molecule has 0 spiro atoms. The SMILES string of the molecule is Cc1c(N)ncn(Cc2nc(C[C@H](O)c3ccc(Cl)cc3)no2)c1=O. The van der Waals surface area contributed by atoms with Gasteiger partial charge in [-0.1, -0.05) is 28.9 Å². The molecule has 0 aliphatic rings. The van der Waals surface area contributed by atoms with E-state index in [1.807, 2.05) is 0 Å². The van der Waals surface area contributed by atoms with E-state index in [0.29, 0.717) is 22.0 Å². The van der Waals surface area contributed by atoms with Gasteiger partial charge < -0.3 is 15.4 Å². The van der Waals surface area contributed by atoms with Gasteiger partial charge in [0.1, 0.15) is 18.7 Å². The Kier molecular flexibility index (Phi) is 4.82. The van der Waals surface area contributed by atoms with Crippen LogP contribution in [-0.2, 0) is 13.0 Å². The maximum atomic E-state index is 12.1. The van der Waals surface area contributed by atoms with Crippen molar-refractivity contribution in [1.29, 1.82) is 0 Å². The maximum absolute atomic E-state index is 12.1. The van der Waals surface area contributed by atoms with Gasteiger partial charge in [0, 0.05) is 11.4 Å². The summed E-state index contributed by atoms with van der Waals surface area (Å²) < 4.78 is 6.47. The molecule has 8 nitrogen and oxygen atoms in total. The quantitative estimate of drug-likeness (QED) is 0.706. The Morgan fingerprint density at radius 3 is 2.80 bits per heavy atom. The summed E-state index contributed by atoms with van der Waals surface area (Å²) in [5, 5.41) is 14.7. The van der Waals surface area contributed by atoms with Crippen LogP contribution in [0, 0.1) is 6.92 Å². The van der Waals surface area contributed by atoms with Crippen molar-refractivity contribution >= 4 is 17.4 Å². The third kappa shape index (κ3) is 3.86. The lowest BCUT2D eigenvalue weighted by Crippen LogP contribution is -2.24. The van der Waals surface area contributed by atoms with Gasteiger partial charge in [-0.2, -0.15) is 4.98 Å². The third-order valence-electron chi connectivity index (χ3n) is 3.75. The first-order valence-corrected chi connectivity index (χ1v) is 7.88. The largest absolute Gasteiger partial charge is 0.388 e. The Bertz CT molecular complexity index is 936. The molecule has 3 aromatic rings. The Morgan fingerprint density at radius 1 is 1.36 bits per heavy atom. The average Bonchev–Trinajstić information content (AvgIpc) is 3.03. The summed E-state index contributed by atoms with van der Waals surface area (Å²) in [5.74, 6) is 0.774. The van der Waals surface area contributed by atoms with Crippen molar-refractivity contribution in [2.24, 2.45) is 0 Å². The molecule has 3 rings (SSSR count). The molecule has 0 aliphatic heterocycles. The van der Waals surface area contributed by atoms with Gasteiger partial charge in [0.2, 0.25) is 5.89 Å². The number of nitrogens with zero attached hydrogens (tertiary/aromatic N) is 4. The second kappa shape index (κ2) is 7.04. The fourth-order valence-corrected chi connectivity index (χ4v) is 2.40. The molecule has 0 unspecified atom stereocenters. The summed E-state index contributed by atoms with van der Waals surface area (Å²) in [7, 11) is 0. The fraction of sp³-hybridized carbons (Fsp3) is 0.250. The lowest BCUT2D eigenvalue weighted by atomic mass is 10.1. The van der Waals surface area contributed by atoms with Crippen LogP contribution in [0.25, 0.3) is 0 Å². The van der Waals surface area contributed by atoms with Crippen molar-refractivity contribution in [3.63, 3.8) is 0 Å². The zero-order chi connectivity index (χ0) is 18.0. The van der Waals surface area contributed by atoms with Crippen LogP contribution in [0.5, 0.6) is 0 Å². The van der Waals surface area contributed by atoms with E-state index < -0.39 is 6.10 Å². The molecule has 0 saturated heterocycles. The van der Waals surface area contributed by atoms with Crippen LogP contribution in [0.3, 0.4) is 0 Å². The molecule has 1 aromatic carbocycles. The molecule has 0 amide bonds. The Morgan fingerprint density at radius 2 is 2.08 bits per heavy atom. The molecule has 3 N–H and O–H groups in total. The normalized spacial score (nSPS) is 12.3. The van der Waals surface area contributed by atoms with Crippen LogP contribution in [0.2, 0.25) is 5.02 Å². The van der Waals surface area contributed by atoms with Gasteiger partial charge in [-0.15, -0.1) is 0 Å². The highest BCUT2D eigenvalue weighted by Crippen LogP contribution is 2.19. The van der Waals surface area contributed by atoms with Crippen LogP contribution >= 0.6 is 11.6 Å². The van der Waals surface area contributed by atoms with Crippen molar-refractivity contribution in [2.45, 2.75) is 26.0 Å². The number of rotatable bonds is 5. The number of nitrogen functional groups attached to an aromatic ring is 1. The maximum Gasteiger partial charge on any atom is 0.258 e. The van der Waals surface area contributed by atoms with Crippen LogP contribution in [-0.4, -0.2) is 24.8 Å². The molecule has 0 bridgehead atoms. The molecular weight excluding hydrogens is 346 g/mol. The predicted octanol–water partition coefficient (Wildman–Crippen LogP) is 1.49. The number of anilines is 1. The molecule has 1 atom stereocenters. The molecule has 9 heteroatoms. The molecule has 2 aromatic heterocycles. The second-order valence-corrected chi connectivity index (χ2v) is 6.00. The van der Waals surface area contributed by atoms with E-state index in [4.69, 9.17) is 21.9 Å². The fourth-order valence-electron chi connectivity index (χ4n) is 2.28. The van der Waals surface area contributed by atoms with E-state index >= 15 is 0 Å². The lowest BCUT2D eigenvalue weighted by Gasteiger charge is -2.08. The molecule has 0 radical (unpaired) electrons. The molecule has 0 saturated carbocycles. The molecule has 0 aliphatic carbocycles. The minimum Gasteiger partial charge on any atom is -0.388 e. The van der Waals surface area contributed by atoms with E-state index in [2.05, 4.69) is 15.1 Å². The number of aromatic nitrogens is 4. The van der Waals surface area contributed by atoms with Gasteiger partial charge in [0.05, 0.1) is 11.7 Å². The minimum absolute atomic E-state index is 0.0804. The Labute approximate surface area is 147 Å². The van der Waals surface area contributed by atoms with Crippen LogP contribution < -0.4 is 11.3 Å². The first-order valence-electron chi connectivity index (χ1n) is 7.50. The Hall–Kier alpha value is -2.71. The smallest absolute Gasteiger partial charge is 0.258 e. The standard InChI is InChI=1S/C16H16ClN5O3/c1-9-15(18)19-8-22(16(9)24)7-14-20-13(21-25-14)6-12(23)10-2-4-11(17)5-3-10/h2-5,8,12,23H,6-7,18H2,1H3/t12-/m0/s1. The summed E-state index contributed by atoms with van der Waals surface area (Å²) >= 11 is 5.83. The summed E-state index contributed by atoms with van der Waals surface area (Å²) in [4.78, 5) is 20.2. The highest BCUT2D eigenvalue weighted by atomic mass is 35.5. The van der Waals surface area contributed by atoms with Crippen molar-refractivity contribution in [3.8, 4) is 0 Å². The van der Waals surface area contributed by atoms with Crippen molar-refractivity contribution in [3.05, 3.63) is 68.8 Å². The molecule has 0 fully saturated rings.